The minimum atomic E-state index is -0.503. The summed E-state index contributed by atoms with van der Waals surface area (Å²) in [5, 5.41) is 13.1. The first-order valence-electron chi connectivity index (χ1n) is 7.05. The molecule has 0 N–H and O–H groups in total. The Kier molecular flexibility index (Phi) is 3.89. The lowest BCUT2D eigenvalue weighted by molar-refractivity contribution is -0.432. The molecule has 0 radical (unpaired) electrons. The van der Waals surface area contributed by atoms with E-state index in [1.165, 1.54) is 0 Å². The summed E-state index contributed by atoms with van der Waals surface area (Å²) in [4.78, 5) is 16.8. The van der Waals surface area contributed by atoms with Crippen LogP contribution in [-0.4, -0.2) is 9.99 Å². The molecule has 0 bridgehead atoms. The highest BCUT2D eigenvalue weighted by Crippen LogP contribution is 2.38. The highest BCUT2D eigenvalue weighted by molar-refractivity contribution is 5.28. The molecule has 1 aliphatic rings. The average molecular weight is 296 g/mol. The normalized spacial score (nSPS) is 18.3. The fourth-order valence-corrected chi connectivity index (χ4v) is 2.68. The van der Waals surface area contributed by atoms with Gasteiger partial charge in [0.1, 0.15) is 0 Å². The second-order valence-electron chi connectivity index (χ2n) is 5.16. The molecule has 1 atom stereocenters. The molecule has 1 unspecified atom stereocenters. The lowest BCUT2D eigenvalue weighted by atomic mass is 10.0. The molecule has 0 saturated carbocycles. The number of rotatable bonds is 4. The molecule has 2 aromatic rings. The first kappa shape index (κ1) is 14.3. The van der Waals surface area contributed by atoms with Crippen molar-refractivity contribution in [3.8, 4) is 0 Å². The molecular weight excluding hydrogens is 280 g/mol. The van der Waals surface area contributed by atoms with Crippen molar-refractivity contribution in [2.45, 2.75) is 19.5 Å². The van der Waals surface area contributed by atoms with E-state index in [2.05, 4.69) is 0 Å². The minimum absolute atomic E-state index is 0.0992. The molecule has 2 aromatic carbocycles. The summed E-state index contributed by atoms with van der Waals surface area (Å²) in [7, 11) is 0. The predicted octanol–water partition coefficient (Wildman–Crippen LogP) is 3.68. The molecule has 0 aromatic heterocycles. The van der Waals surface area contributed by atoms with Gasteiger partial charge in [-0.05, 0) is 11.1 Å². The molecule has 0 fully saturated rings. The maximum atomic E-state index is 11.4. The molecule has 0 spiro atoms. The Hall–Kier alpha value is -2.66. The fourth-order valence-electron chi connectivity index (χ4n) is 2.68. The van der Waals surface area contributed by atoms with Crippen LogP contribution in [0.4, 0.5) is 0 Å². The van der Waals surface area contributed by atoms with E-state index in [1.807, 2.05) is 60.7 Å². The van der Waals surface area contributed by atoms with Gasteiger partial charge in [-0.1, -0.05) is 60.7 Å². The van der Waals surface area contributed by atoms with Crippen molar-refractivity contribution in [2.75, 3.05) is 0 Å². The zero-order valence-corrected chi connectivity index (χ0v) is 12.2. The molecule has 0 saturated heterocycles. The van der Waals surface area contributed by atoms with Crippen LogP contribution in [0.2, 0.25) is 0 Å². The first-order chi connectivity index (χ1) is 10.7. The number of nitrogens with zero attached hydrogens (tertiary/aromatic N) is 2. The van der Waals surface area contributed by atoms with Crippen molar-refractivity contribution in [2.24, 2.45) is 0 Å². The maximum absolute atomic E-state index is 11.4. The van der Waals surface area contributed by atoms with Gasteiger partial charge >= 0.3 is 5.70 Å². The molecule has 22 heavy (non-hydrogen) atoms. The summed E-state index contributed by atoms with van der Waals surface area (Å²) >= 11 is 0. The summed E-state index contributed by atoms with van der Waals surface area (Å²) in [6.45, 7) is 2.12. The van der Waals surface area contributed by atoms with Crippen LogP contribution in [-0.2, 0) is 11.4 Å². The van der Waals surface area contributed by atoms with E-state index in [1.54, 1.807) is 12.0 Å². The van der Waals surface area contributed by atoms with Crippen LogP contribution in [0, 0.1) is 10.1 Å². The van der Waals surface area contributed by atoms with Gasteiger partial charge in [-0.15, -0.1) is 5.06 Å². The average Bonchev–Trinajstić information content (AvgIpc) is 2.85. The maximum Gasteiger partial charge on any atom is 0.310 e. The van der Waals surface area contributed by atoms with E-state index in [0.717, 1.165) is 11.1 Å². The third-order valence-corrected chi connectivity index (χ3v) is 3.66. The third kappa shape index (κ3) is 2.71. The van der Waals surface area contributed by atoms with Crippen molar-refractivity contribution in [3.05, 3.63) is 93.4 Å². The van der Waals surface area contributed by atoms with Gasteiger partial charge in [0.2, 0.25) is 0 Å². The van der Waals surface area contributed by atoms with E-state index >= 15 is 0 Å². The van der Waals surface area contributed by atoms with Gasteiger partial charge in [0.05, 0.1) is 11.5 Å². The second-order valence-corrected chi connectivity index (χ2v) is 5.16. The van der Waals surface area contributed by atoms with Crippen LogP contribution in [0.15, 0.2) is 72.1 Å². The van der Waals surface area contributed by atoms with Crippen molar-refractivity contribution >= 4 is 0 Å². The van der Waals surface area contributed by atoms with Gasteiger partial charge < -0.3 is 4.84 Å². The molecule has 5 heteroatoms. The predicted molar refractivity (Wildman–Crippen MR) is 81.9 cm³/mol. The van der Waals surface area contributed by atoms with Crippen LogP contribution in [0.5, 0.6) is 0 Å². The summed E-state index contributed by atoms with van der Waals surface area (Å²) in [6.07, 6.45) is 0. The molecule has 112 valence electrons. The Morgan fingerprint density at radius 3 is 2.27 bits per heavy atom. The number of benzene rings is 2. The highest BCUT2D eigenvalue weighted by atomic mass is 16.7. The highest BCUT2D eigenvalue weighted by Gasteiger charge is 2.42. The van der Waals surface area contributed by atoms with Crippen LogP contribution in [0.1, 0.15) is 24.1 Å². The third-order valence-electron chi connectivity index (χ3n) is 3.66. The summed E-state index contributed by atoms with van der Waals surface area (Å²) in [5.74, 6) is 0.342. The first-order valence-corrected chi connectivity index (χ1v) is 7.05. The molecule has 1 aliphatic heterocycles. The largest absolute Gasteiger partial charge is 0.402 e. The lowest BCUT2D eigenvalue weighted by Gasteiger charge is -2.22. The van der Waals surface area contributed by atoms with E-state index in [-0.39, 0.29) is 10.6 Å². The molecule has 1 heterocycles. The van der Waals surface area contributed by atoms with Gasteiger partial charge in [-0.2, -0.15) is 0 Å². The Morgan fingerprint density at radius 2 is 1.68 bits per heavy atom. The van der Waals surface area contributed by atoms with Gasteiger partial charge in [-0.25, -0.2) is 0 Å². The number of nitro groups is 1. The van der Waals surface area contributed by atoms with Crippen LogP contribution in [0.25, 0.3) is 0 Å². The number of hydrogen-bond acceptors (Lipinski definition) is 4. The Balaban J connectivity index is 1.95. The van der Waals surface area contributed by atoms with Gasteiger partial charge in [0.25, 0.3) is 0 Å². The van der Waals surface area contributed by atoms with Gasteiger partial charge in [0, 0.05) is 6.92 Å². The summed E-state index contributed by atoms with van der Waals surface area (Å²) in [6, 6.07) is 18.7. The molecule has 0 aliphatic carbocycles. The topological polar surface area (TPSA) is 55.6 Å². The lowest BCUT2D eigenvalue weighted by Crippen LogP contribution is -2.25. The van der Waals surface area contributed by atoms with E-state index in [9.17, 15) is 10.1 Å². The monoisotopic (exact) mass is 296 g/mol. The number of hydrogen-bond donors (Lipinski definition) is 0. The van der Waals surface area contributed by atoms with Crippen molar-refractivity contribution < 1.29 is 9.76 Å². The minimum Gasteiger partial charge on any atom is -0.402 e. The molecule has 0 amide bonds. The Labute approximate surface area is 128 Å². The zero-order valence-electron chi connectivity index (χ0n) is 12.2. The molecule has 3 rings (SSSR count). The fraction of sp³-hybridized carbons (Fsp3) is 0.176. The summed E-state index contributed by atoms with van der Waals surface area (Å²) < 4.78 is 0. The standard InChI is InChI=1S/C17H16N2O3/c1-13-16(19(20)21)17(15-10-6-3-7-11-15)18(22-13)12-14-8-4-2-5-9-14/h2-11,17H,12H2,1H3. The molecular formula is C17H16N2O3. The van der Waals surface area contributed by atoms with Crippen LogP contribution < -0.4 is 0 Å². The number of hydroxylamine groups is 2. The quantitative estimate of drug-likeness (QED) is 0.638. The van der Waals surface area contributed by atoms with Crippen molar-refractivity contribution in [3.63, 3.8) is 0 Å². The smallest absolute Gasteiger partial charge is 0.310 e. The van der Waals surface area contributed by atoms with E-state index < -0.39 is 6.04 Å². The van der Waals surface area contributed by atoms with Gasteiger partial charge in [-0.3, -0.25) is 10.1 Å². The van der Waals surface area contributed by atoms with E-state index in [4.69, 9.17) is 4.84 Å². The number of allylic oxidation sites excluding steroid dienone is 1. The Bertz CT molecular complexity index is 698. The SMILES string of the molecule is CC1=C([N+](=O)[O-])C(c2ccccc2)N(Cc2ccccc2)O1. The van der Waals surface area contributed by atoms with Crippen molar-refractivity contribution in [1.29, 1.82) is 0 Å². The Morgan fingerprint density at radius 1 is 1.09 bits per heavy atom. The zero-order chi connectivity index (χ0) is 15.5. The van der Waals surface area contributed by atoms with Crippen molar-refractivity contribution in [1.82, 2.24) is 5.06 Å². The summed E-state index contributed by atoms with van der Waals surface area (Å²) in [5.41, 5.74) is 1.99. The van der Waals surface area contributed by atoms with Crippen LogP contribution >= 0.6 is 0 Å². The van der Waals surface area contributed by atoms with Gasteiger partial charge in [0.15, 0.2) is 11.8 Å². The van der Waals surface area contributed by atoms with Crippen LogP contribution in [0.3, 0.4) is 0 Å². The molecule has 5 nitrogen and oxygen atoms in total. The second kappa shape index (κ2) is 5.99. The van der Waals surface area contributed by atoms with E-state index in [0.29, 0.717) is 12.3 Å².